The van der Waals surface area contributed by atoms with Crippen LogP contribution in [-0.4, -0.2) is 61.8 Å². The van der Waals surface area contributed by atoms with Gasteiger partial charge in [-0.25, -0.2) is 9.61 Å². The van der Waals surface area contributed by atoms with Crippen molar-refractivity contribution in [1.82, 2.24) is 35.1 Å². The Morgan fingerprint density at radius 2 is 2.03 bits per heavy atom. The van der Waals surface area contributed by atoms with Crippen LogP contribution < -0.4 is 11.1 Å². The lowest BCUT2D eigenvalue weighted by molar-refractivity contribution is 0.0791. The molecular formula is C24H29ClN8O2. The molecule has 184 valence electrons. The number of amides is 1. The van der Waals surface area contributed by atoms with E-state index < -0.39 is 0 Å². The van der Waals surface area contributed by atoms with Gasteiger partial charge in [0, 0.05) is 37.4 Å². The normalized spacial score (nSPS) is 15.5. The highest BCUT2D eigenvalue weighted by molar-refractivity contribution is 6.08. The summed E-state index contributed by atoms with van der Waals surface area (Å²) >= 11 is 0. The Morgan fingerprint density at radius 3 is 2.69 bits per heavy atom. The number of aryl methyl sites for hydroxylation is 1. The Balaban J connectivity index is 0.00000289. The lowest BCUT2D eigenvalue weighted by Crippen LogP contribution is -2.33. The van der Waals surface area contributed by atoms with E-state index in [-0.39, 0.29) is 30.2 Å². The molecule has 1 aliphatic heterocycles. The number of pyridine rings is 1. The standard InChI is InChI=1S/C24H28N8O2.ClH/c1-3-4-11-32-21-17(24(33)31-12-10-16(14-31)26-2)13-27-18(15-8-6-5-7-9-15)19(21)28-23(32)20-22(25)30-34-29-20;/h5-9,13,16,26H,3-4,10-12,14H2,1-2H3,(H2,25,30);1H. The third-order valence-corrected chi connectivity index (χ3v) is 6.39. The van der Waals surface area contributed by atoms with Gasteiger partial charge < -0.3 is 20.5 Å². The van der Waals surface area contributed by atoms with E-state index in [1.807, 2.05) is 46.8 Å². The molecule has 3 aromatic heterocycles. The Morgan fingerprint density at radius 1 is 1.23 bits per heavy atom. The molecule has 1 fully saturated rings. The van der Waals surface area contributed by atoms with Crippen molar-refractivity contribution in [3.05, 3.63) is 42.1 Å². The van der Waals surface area contributed by atoms with Crippen LogP contribution in [-0.2, 0) is 6.54 Å². The van der Waals surface area contributed by atoms with Crippen molar-refractivity contribution >= 4 is 35.2 Å². The van der Waals surface area contributed by atoms with Gasteiger partial charge in [-0.15, -0.1) is 12.4 Å². The lowest BCUT2D eigenvalue weighted by atomic mass is 10.1. The molecule has 0 aliphatic carbocycles. The number of nitrogens with two attached hydrogens (primary N) is 1. The number of hydrogen-bond donors (Lipinski definition) is 2. The van der Waals surface area contributed by atoms with E-state index in [4.69, 9.17) is 20.3 Å². The molecule has 1 unspecified atom stereocenters. The molecular weight excluding hydrogens is 468 g/mol. The van der Waals surface area contributed by atoms with Gasteiger partial charge in [-0.1, -0.05) is 43.7 Å². The summed E-state index contributed by atoms with van der Waals surface area (Å²) in [5.41, 5.74) is 9.92. The maximum atomic E-state index is 13.7. The molecule has 0 bridgehead atoms. The molecule has 5 rings (SSSR count). The van der Waals surface area contributed by atoms with Crippen LogP contribution in [0.4, 0.5) is 5.82 Å². The number of nitrogens with one attached hydrogen (secondary N) is 1. The van der Waals surface area contributed by atoms with Gasteiger partial charge in [0.25, 0.3) is 5.91 Å². The van der Waals surface area contributed by atoms with E-state index in [9.17, 15) is 4.79 Å². The minimum Gasteiger partial charge on any atom is -0.379 e. The number of anilines is 1. The van der Waals surface area contributed by atoms with Gasteiger partial charge in [-0.3, -0.25) is 9.78 Å². The van der Waals surface area contributed by atoms with Crippen LogP contribution in [0.25, 0.3) is 33.8 Å². The van der Waals surface area contributed by atoms with Crippen LogP contribution in [0.5, 0.6) is 0 Å². The summed E-state index contributed by atoms with van der Waals surface area (Å²) in [6, 6.07) is 10.1. The minimum atomic E-state index is -0.0506. The summed E-state index contributed by atoms with van der Waals surface area (Å²) in [5, 5.41) is 11.0. The number of likely N-dealkylation sites (tertiary alicyclic amines) is 1. The highest BCUT2D eigenvalue weighted by Crippen LogP contribution is 2.34. The molecule has 4 aromatic rings. The molecule has 4 heterocycles. The van der Waals surface area contributed by atoms with E-state index in [2.05, 4.69) is 22.6 Å². The Bertz CT molecular complexity index is 1320. The topological polar surface area (TPSA) is 128 Å². The van der Waals surface area contributed by atoms with E-state index in [0.717, 1.165) is 30.3 Å². The molecule has 11 heteroatoms. The molecule has 10 nitrogen and oxygen atoms in total. The molecule has 35 heavy (non-hydrogen) atoms. The Hall–Kier alpha value is -3.50. The van der Waals surface area contributed by atoms with Gasteiger partial charge >= 0.3 is 0 Å². The lowest BCUT2D eigenvalue weighted by Gasteiger charge is -2.18. The van der Waals surface area contributed by atoms with Crippen LogP contribution in [0, 0.1) is 0 Å². The fourth-order valence-electron chi connectivity index (χ4n) is 4.52. The molecule has 1 atom stereocenters. The van der Waals surface area contributed by atoms with Crippen molar-refractivity contribution in [1.29, 1.82) is 0 Å². The highest BCUT2D eigenvalue weighted by Gasteiger charge is 2.31. The van der Waals surface area contributed by atoms with E-state index in [1.165, 1.54) is 0 Å². The SMILES string of the molecule is CCCCn1c(-c2nonc2N)nc2c(-c3ccccc3)ncc(C(=O)N3CCC(NC)C3)c21.Cl. The number of aromatic nitrogens is 5. The van der Waals surface area contributed by atoms with Crippen molar-refractivity contribution in [3.63, 3.8) is 0 Å². The Labute approximate surface area is 209 Å². The number of rotatable bonds is 7. The van der Waals surface area contributed by atoms with Crippen LogP contribution in [0.2, 0.25) is 0 Å². The fraction of sp³-hybridized carbons (Fsp3) is 0.375. The maximum absolute atomic E-state index is 13.7. The number of benzene rings is 1. The summed E-state index contributed by atoms with van der Waals surface area (Å²) in [4.78, 5) is 25.2. The second kappa shape index (κ2) is 10.4. The van der Waals surface area contributed by atoms with Crippen molar-refractivity contribution in [2.45, 2.75) is 38.8 Å². The van der Waals surface area contributed by atoms with Gasteiger partial charge in [0.15, 0.2) is 17.3 Å². The smallest absolute Gasteiger partial charge is 0.257 e. The van der Waals surface area contributed by atoms with Crippen molar-refractivity contribution in [2.24, 2.45) is 0 Å². The van der Waals surface area contributed by atoms with E-state index >= 15 is 0 Å². The zero-order chi connectivity index (χ0) is 23.7. The number of hydrogen-bond acceptors (Lipinski definition) is 8. The summed E-state index contributed by atoms with van der Waals surface area (Å²) in [7, 11) is 1.93. The molecule has 0 radical (unpaired) electrons. The molecule has 1 saturated heterocycles. The van der Waals surface area contributed by atoms with Crippen LogP contribution in [0.1, 0.15) is 36.5 Å². The molecule has 3 N–H and O–H groups in total. The number of likely N-dealkylation sites (N-methyl/N-ethyl adjacent to an activating group) is 1. The van der Waals surface area contributed by atoms with Gasteiger partial charge in [0.05, 0.1) is 16.8 Å². The number of fused-ring (bicyclic) bond motifs is 1. The zero-order valence-corrected chi connectivity index (χ0v) is 20.6. The summed E-state index contributed by atoms with van der Waals surface area (Å²) in [5.74, 6) is 0.632. The quantitative estimate of drug-likeness (QED) is 0.398. The van der Waals surface area contributed by atoms with Crippen molar-refractivity contribution in [2.75, 3.05) is 25.9 Å². The largest absolute Gasteiger partial charge is 0.379 e. The molecule has 0 spiro atoms. The third-order valence-electron chi connectivity index (χ3n) is 6.39. The van der Waals surface area contributed by atoms with E-state index in [1.54, 1.807) is 6.20 Å². The van der Waals surface area contributed by atoms with Crippen LogP contribution in [0.15, 0.2) is 41.2 Å². The maximum Gasteiger partial charge on any atom is 0.257 e. The molecule has 1 aliphatic rings. The average molecular weight is 497 g/mol. The van der Waals surface area contributed by atoms with Crippen LogP contribution >= 0.6 is 12.4 Å². The minimum absolute atomic E-state index is 0. The number of unbranched alkanes of at least 4 members (excludes halogenated alkanes) is 1. The number of halogens is 1. The second-order valence-corrected chi connectivity index (χ2v) is 8.55. The number of nitrogens with zero attached hydrogens (tertiary/aromatic N) is 6. The summed E-state index contributed by atoms with van der Waals surface area (Å²) < 4.78 is 6.89. The molecule has 1 aromatic carbocycles. The number of imidazole rings is 1. The first-order valence-corrected chi connectivity index (χ1v) is 11.6. The fourth-order valence-corrected chi connectivity index (χ4v) is 4.52. The molecule has 1 amide bonds. The number of nitrogen functional groups attached to an aromatic ring is 1. The predicted molar refractivity (Wildman–Crippen MR) is 136 cm³/mol. The first-order chi connectivity index (χ1) is 16.6. The number of carbonyl (C=O) groups is 1. The highest BCUT2D eigenvalue weighted by atomic mass is 35.5. The summed E-state index contributed by atoms with van der Waals surface area (Å²) in [6.07, 6.45) is 4.47. The molecule has 0 saturated carbocycles. The van der Waals surface area contributed by atoms with Crippen molar-refractivity contribution in [3.8, 4) is 22.8 Å². The third kappa shape index (κ3) is 4.46. The van der Waals surface area contributed by atoms with Crippen molar-refractivity contribution < 1.29 is 9.42 Å². The van der Waals surface area contributed by atoms with E-state index in [0.29, 0.717) is 47.9 Å². The second-order valence-electron chi connectivity index (χ2n) is 8.55. The zero-order valence-electron chi connectivity index (χ0n) is 19.8. The monoisotopic (exact) mass is 496 g/mol. The average Bonchev–Trinajstić information content (AvgIpc) is 3.60. The first-order valence-electron chi connectivity index (χ1n) is 11.6. The van der Waals surface area contributed by atoms with Gasteiger partial charge in [-0.2, -0.15) is 0 Å². The van der Waals surface area contributed by atoms with Gasteiger partial charge in [0.2, 0.25) is 0 Å². The summed E-state index contributed by atoms with van der Waals surface area (Å²) in [6.45, 7) is 4.12. The Kier molecular flexibility index (Phi) is 7.32. The van der Waals surface area contributed by atoms with Gasteiger partial charge in [0.1, 0.15) is 5.52 Å². The first kappa shape index (κ1) is 24.6. The number of carbonyl (C=O) groups excluding carboxylic acids is 1. The van der Waals surface area contributed by atoms with Crippen LogP contribution in [0.3, 0.4) is 0 Å². The predicted octanol–water partition coefficient (Wildman–Crippen LogP) is 3.39. The van der Waals surface area contributed by atoms with Gasteiger partial charge in [-0.05, 0) is 30.2 Å².